The van der Waals surface area contributed by atoms with Crippen molar-refractivity contribution in [3.63, 3.8) is 0 Å². The molecule has 5 heteroatoms. The second kappa shape index (κ2) is 5.05. The molecule has 100 valence electrons. The Balaban J connectivity index is 1.89. The number of ether oxygens (including phenoxy) is 1. The van der Waals surface area contributed by atoms with Crippen LogP contribution in [0.15, 0.2) is 54.7 Å². The highest BCUT2D eigenvalue weighted by Crippen LogP contribution is 2.18. The van der Waals surface area contributed by atoms with Gasteiger partial charge in [0, 0.05) is 17.1 Å². The lowest BCUT2D eigenvalue weighted by Crippen LogP contribution is -2.20. The third kappa shape index (κ3) is 2.21. The number of hydrogen-bond donors (Lipinski definition) is 1. The molecule has 1 amide bonds. The molecule has 0 spiro atoms. The molecular weight excluding hydrogens is 254 g/mol. The van der Waals surface area contributed by atoms with Crippen LogP contribution in [0.25, 0.3) is 10.9 Å². The molecule has 2 aromatic carbocycles. The summed E-state index contributed by atoms with van der Waals surface area (Å²) in [7, 11) is 1.59. The van der Waals surface area contributed by atoms with Crippen LogP contribution in [0.3, 0.4) is 0 Å². The maximum Gasteiger partial charge on any atom is 0.347 e. The predicted molar refractivity (Wildman–Crippen MR) is 77.1 cm³/mol. The quantitative estimate of drug-likeness (QED) is 0.776. The lowest BCUT2D eigenvalue weighted by Gasteiger charge is -2.07. The van der Waals surface area contributed by atoms with Crippen LogP contribution in [-0.2, 0) is 0 Å². The van der Waals surface area contributed by atoms with E-state index in [0.717, 1.165) is 10.9 Å². The number of nitrogens with one attached hydrogen (secondary N) is 1. The highest BCUT2D eigenvalue weighted by atomic mass is 16.5. The van der Waals surface area contributed by atoms with E-state index < -0.39 is 0 Å². The molecule has 1 aromatic heterocycles. The van der Waals surface area contributed by atoms with Gasteiger partial charge in [-0.25, -0.2) is 4.79 Å². The van der Waals surface area contributed by atoms with Crippen LogP contribution in [0.2, 0.25) is 0 Å². The molecule has 1 heterocycles. The molecule has 0 bridgehead atoms. The van der Waals surface area contributed by atoms with E-state index in [0.29, 0.717) is 11.4 Å². The molecule has 20 heavy (non-hydrogen) atoms. The predicted octanol–water partition coefficient (Wildman–Crippen LogP) is 3.13. The normalized spacial score (nSPS) is 10.4. The van der Waals surface area contributed by atoms with Crippen molar-refractivity contribution in [1.29, 1.82) is 0 Å². The van der Waals surface area contributed by atoms with Gasteiger partial charge in [0.15, 0.2) is 0 Å². The molecule has 0 aliphatic heterocycles. The van der Waals surface area contributed by atoms with Gasteiger partial charge in [-0.05, 0) is 18.2 Å². The number of methoxy groups -OCH3 is 1. The zero-order valence-electron chi connectivity index (χ0n) is 10.9. The molecule has 0 aliphatic carbocycles. The van der Waals surface area contributed by atoms with Crippen LogP contribution >= 0.6 is 0 Å². The smallest absolute Gasteiger partial charge is 0.347 e. The van der Waals surface area contributed by atoms with Gasteiger partial charge in [0.05, 0.1) is 18.8 Å². The first-order valence-corrected chi connectivity index (χ1v) is 6.16. The first-order chi connectivity index (χ1) is 9.78. The van der Waals surface area contributed by atoms with E-state index in [4.69, 9.17) is 4.74 Å². The van der Waals surface area contributed by atoms with Crippen LogP contribution in [0.5, 0.6) is 5.75 Å². The number of nitrogens with zero attached hydrogens (tertiary/aromatic N) is 2. The number of anilines is 1. The van der Waals surface area contributed by atoms with Gasteiger partial charge in [0.1, 0.15) is 5.75 Å². The second-order valence-corrected chi connectivity index (χ2v) is 4.28. The number of carbonyl (C=O) groups is 1. The van der Waals surface area contributed by atoms with Gasteiger partial charge < -0.3 is 10.1 Å². The van der Waals surface area contributed by atoms with Crippen molar-refractivity contribution in [3.05, 3.63) is 54.7 Å². The number of fused-ring (bicyclic) bond motifs is 1. The summed E-state index contributed by atoms with van der Waals surface area (Å²) < 4.78 is 6.47. The third-order valence-corrected chi connectivity index (χ3v) is 2.99. The molecule has 0 saturated carbocycles. The van der Waals surface area contributed by atoms with E-state index >= 15 is 0 Å². The highest BCUT2D eigenvalue weighted by Gasteiger charge is 2.10. The summed E-state index contributed by atoms with van der Waals surface area (Å²) in [6, 6.07) is 14.4. The molecule has 0 aliphatic rings. The highest BCUT2D eigenvalue weighted by molar-refractivity contribution is 5.97. The van der Waals surface area contributed by atoms with Crippen molar-refractivity contribution in [3.8, 4) is 5.75 Å². The molecule has 0 fully saturated rings. The fraction of sp³-hybridized carbons (Fsp3) is 0.0667. The summed E-state index contributed by atoms with van der Waals surface area (Å²) in [6.45, 7) is 0. The average Bonchev–Trinajstić information content (AvgIpc) is 2.91. The minimum absolute atomic E-state index is 0.306. The average molecular weight is 267 g/mol. The summed E-state index contributed by atoms with van der Waals surface area (Å²) in [6.07, 6.45) is 1.67. The molecule has 3 aromatic rings. The van der Waals surface area contributed by atoms with E-state index in [9.17, 15) is 4.79 Å². The molecule has 0 atom stereocenters. The van der Waals surface area contributed by atoms with E-state index in [1.54, 1.807) is 25.4 Å². The van der Waals surface area contributed by atoms with Crippen molar-refractivity contribution in [2.24, 2.45) is 0 Å². The summed E-state index contributed by atoms with van der Waals surface area (Å²) in [5.41, 5.74) is 1.43. The molecule has 0 unspecified atom stereocenters. The Hall–Kier alpha value is -2.82. The van der Waals surface area contributed by atoms with E-state index in [2.05, 4.69) is 10.4 Å². The summed E-state index contributed by atoms with van der Waals surface area (Å²) in [5.74, 6) is 0.688. The third-order valence-electron chi connectivity index (χ3n) is 2.99. The van der Waals surface area contributed by atoms with Gasteiger partial charge in [0.25, 0.3) is 0 Å². The van der Waals surface area contributed by atoms with Crippen molar-refractivity contribution in [2.45, 2.75) is 0 Å². The Bertz CT molecular complexity index is 764. The molecule has 1 N–H and O–H groups in total. The van der Waals surface area contributed by atoms with Crippen molar-refractivity contribution in [2.75, 3.05) is 12.4 Å². The number of rotatable bonds is 2. The Morgan fingerprint density at radius 1 is 1.20 bits per heavy atom. The first kappa shape index (κ1) is 12.2. The molecule has 5 nitrogen and oxygen atoms in total. The Kier molecular flexibility index (Phi) is 3.09. The van der Waals surface area contributed by atoms with Gasteiger partial charge in [-0.1, -0.05) is 24.3 Å². The maximum absolute atomic E-state index is 12.2. The van der Waals surface area contributed by atoms with Crippen LogP contribution in [0.4, 0.5) is 10.5 Å². The largest absolute Gasteiger partial charge is 0.497 e. The van der Waals surface area contributed by atoms with E-state index in [1.165, 1.54) is 4.68 Å². The zero-order valence-corrected chi connectivity index (χ0v) is 10.9. The monoisotopic (exact) mass is 267 g/mol. The number of benzene rings is 2. The summed E-state index contributed by atoms with van der Waals surface area (Å²) in [4.78, 5) is 12.2. The number of hydrogen-bond acceptors (Lipinski definition) is 3. The first-order valence-electron chi connectivity index (χ1n) is 6.16. The Labute approximate surface area is 115 Å². The van der Waals surface area contributed by atoms with E-state index in [1.807, 2.05) is 36.4 Å². The fourth-order valence-electron chi connectivity index (χ4n) is 2.01. The SMILES string of the molecule is COc1cccc(NC(=O)n2ncc3ccccc32)c1. The Morgan fingerprint density at radius 2 is 2.05 bits per heavy atom. The number of para-hydroxylation sites is 1. The minimum Gasteiger partial charge on any atom is -0.497 e. The van der Waals surface area contributed by atoms with E-state index in [-0.39, 0.29) is 6.03 Å². The van der Waals surface area contributed by atoms with Crippen molar-refractivity contribution in [1.82, 2.24) is 9.78 Å². The number of carbonyl (C=O) groups excluding carboxylic acids is 1. The standard InChI is InChI=1S/C15H13N3O2/c1-20-13-7-4-6-12(9-13)17-15(19)18-14-8-3-2-5-11(14)10-16-18/h2-10H,1H3,(H,17,19). The van der Waals surface area contributed by atoms with Crippen LogP contribution < -0.4 is 10.1 Å². The summed E-state index contributed by atoms with van der Waals surface area (Å²) in [5, 5.41) is 7.82. The van der Waals surface area contributed by atoms with Crippen LogP contribution in [0, 0.1) is 0 Å². The van der Waals surface area contributed by atoms with Crippen molar-refractivity contribution < 1.29 is 9.53 Å². The number of aromatic nitrogens is 2. The van der Waals surface area contributed by atoms with Gasteiger partial charge in [-0.15, -0.1) is 0 Å². The molecule has 0 radical (unpaired) electrons. The molecular formula is C15H13N3O2. The van der Waals surface area contributed by atoms with Crippen LogP contribution in [-0.4, -0.2) is 22.9 Å². The molecule has 3 rings (SSSR count). The zero-order chi connectivity index (χ0) is 13.9. The van der Waals surface area contributed by atoms with Crippen molar-refractivity contribution >= 4 is 22.6 Å². The minimum atomic E-state index is -0.306. The fourth-order valence-corrected chi connectivity index (χ4v) is 2.01. The van der Waals surface area contributed by atoms with Gasteiger partial charge in [0.2, 0.25) is 0 Å². The van der Waals surface area contributed by atoms with Crippen LogP contribution in [0.1, 0.15) is 0 Å². The second-order valence-electron chi connectivity index (χ2n) is 4.28. The Morgan fingerprint density at radius 3 is 2.90 bits per heavy atom. The lowest BCUT2D eigenvalue weighted by molar-refractivity contribution is 0.252. The van der Waals surface area contributed by atoms with Gasteiger partial charge >= 0.3 is 6.03 Å². The van der Waals surface area contributed by atoms with Gasteiger partial charge in [-0.2, -0.15) is 9.78 Å². The maximum atomic E-state index is 12.2. The van der Waals surface area contributed by atoms with Gasteiger partial charge in [-0.3, -0.25) is 0 Å². The number of amides is 1. The molecule has 0 saturated heterocycles. The lowest BCUT2D eigenvalue weighted by atomic mass is 10.2. The topological polar surface area (TPSA) is 56.1 Å². The summed E-state index contributed by atoms with van der Waals surface area (Å²) >= 11 is 0.